The molecule has 0 saturated carbocycles. The number of ether oxygens (including phenoxy) is 1. The van der Waals surface area contributed by atoms with Gasteiger partial charge in [0.05, 0.1) is 12.2 Å². The molecule has 1 aromatic rings. The van der Waals surface area contributed by atoms with Crippen molar-refractivity contribution in [3.63, 3.8) is 0 Å². The van der Waals surface area contributed by atoms with Crippen LogP contribution >= 0.6 is 0 Å². The van der Waals surface area contributed by atoms with Crippen LogP contribution in [0, 0.1) is 6.92 Å². The summed E-state index contributed by atoms with van der Waals surface area (Å²) in [6.07, 6.45) is 2.09. The molecular formula is C12H20N4O. The number of rotatable bonds is 2. The molecule has 1 saturated heterocycles. The van der Waals surface area contributed by atoms with Crippen LogP contribution in [0.25, 0.3) is 0 Å². The Hall–Kier alpha value is -1.36. The monoisotopic (exact) mass is 236 g/mol. The van der Waals surface area contributed by atoms with Gasteiger partial charge in [0.25, 0.3) is 0 Å². The number of hydrogen-bond acceptors (Lipinski definition) is 5. The molecule has 0 bridgehead atoms. The molecule has 2 atom stereocenters. The lowest BCUT2D eigenvalue weighted by molar-refractivity contribution is -0.00549. The summed E-state index contributed by atoms with van der Waals surface area (Å²) in [5, 5.41) is 3.09. The summed E-state index contributed by atoms with van der Waals surface area (Å²) >= 11 is 0. The van der Waals surface area contributed by atoms with Crippen LogP contribution in [0.15, 0.2) is 6.33 Å². The normalized spacial score (nSPS) is 24.8. The summed E-state index contributed by atoms with van der Waals surface area (Å²) in [6, 6.07) is 0. The van der Waals surface area contributed by atoms with E-state index in [0.717, 1.165) is 30.3 Å². The number of morpholine rings is 1. The van der Waals surface area contributed by atoms with E-state index in [1.807, 2.05) is 14.0 Å². The van der Waals surface area contributed by atoms with Crippen molar-refractivity contribution in [2.45, 2.75) is 33.0 Å². The molecule has 1 fully saturated rings. The fraction of sp³-hybridized carbons (Fsp3) is 0.667. The van der Waals surface area contributed by atoms with E-state index in [0.29, 0.717) is 0 Å². The van der Waals surface area contributed by atoms with Crippen molar-refractivity contribution in [1.82, 2.24) is 9.97 Å². The third-order valence-electron chi connectivity index (χ3n) is 3.01. The summed E-state index contributed by atoms with van der Waals surface area (Å²) in [7, 11) is 1.88. The second-order valence-corrected chi connectivity index (χ2v) is 4.58. The largest absolute Gasteiger partial charge is 0.373 e. The Bertz CT molecular complexity index is 386. The van der Waals surface area contributed by atoms with Gasteiger partial charge in [-0.05, 0) is 20.8 Å². The van der Waals surface area contributed by atoms with Crippen LogP contribution in [-0.2, 0) is 4.74 Å². The van der Waals surface area contributed by atoms with E-state index in [1.54, 1.807) is 6.33 Å². The predicted octanol–water partition coefficient (Wildman–Crippen LogP) is 1.44. The molecule has 0 spiro atoms. The molecule has 1 aromatic heterocycles. The van der Waals surface area contributed by atoms with Gasteiger partial charge in [-0.3, -0.25) is 0 Å². The van der Waals surface area contributed by atoms with Gasteiger partial charge in [-0.15, -0.1) is 0 Å². The minimum Gasteiger partial charge on any atom is -0.373 e. The molecule has 0 radical (unpaired) electrons. The highest BCUT2D eigenvalue weighted by Crippen LogP contribution is 2.24. The maximum atomic E-state index is 5.73. The van der Waals surface area contributed by atoms with Gasteiger partial charge in [0.2, 0.25) is 0 Å². The number of anilines is 2. The quantitative estimate of drug-likeness (QED) is 0.842. The molecule has 2 heterocycles. The van der Waals surface area contributed by atoms with E-state index >= 15 is 0 Å². The molecule has 1 N–H and O–H groups in total. The molecule has 5 nitrogen and oxygen atoms in total. The zero-order valence-corrected chi connectivity index (χ0v) is 10.9. The van der Waals surface area contributed by atoms with Gasteiger partial charge < -0.3 is 15.0 Å². The van der Waals surface area contributed by atoms with Crippen LogP contribution in [0.4, 0.5) is 11.6 Å². The average molecular weight is 236 g/mol. The van der Waals surface area contributed by atoms with Crippen molar-refractivity contribution < 1.29 is 4.74 Å². The van der Waals surface area contributed by atoms with E-state index < -0.39 is 0 Å². The van der Waals surface area contributed by atoms with Gasteiger partial charge in [-0.25, -0.2) is 9.97 Å². The Labute approximate surface area is 102 Å². The standard InChI is InChI=1S/C12H20N4O/c1-8-5-16(6-9(2)17-8)12-10(3)11(13-4)14-7-15-12/h7-9H,5-6H2,1-4H3,(H,13,14,15). The number of nitrogens with zero attached hydrogens (tertiary/aromatic N) is 3. The van der Waals surface area contributed by atoms with Crippen LogP contribution in [0.3, 0.4) is 0 Å². The number of aromatic nitrogens is 2. The van der Waals surface area contributed by atoms with Crippen molar-refractivity contribution in [3.05, 3.63) is 11.9 Å². The summed E-state index contributed by atoms with van der Waals surface area (Å²) in [4.78, 5) is 10.9. The average Bonchev–Trinajstić information content (AvgIpc) is 2.28. The highest BCUT2D eigenvalue weighted by molar-refractivity contribution is 5.57. The first-order chi connectivity index (χ1) is 8.11. The van der Waals surface area contributed by atoms with E-state index in [1.165, 1.54) is 0 Å². The molecule has 1 aliphatic heterocycles. The fourth-order valence-electron chi connectivity index (χ4n) is 2.36. The topological polar surface area (TPSA) is 50.3 Å². The molecule has 5 heteroatoms. The number of nitrogens with one attached hydrogen (secondary N) is 1. The molecule has 17 heavy (non-hydrogen) atoms. The first-order valence-electron chi connectivity index (χ1n) is 6.01. The van der Waals surface area contributed by atoms with Crippen LogP contribution in [0.2, 0.25) is 0 Å². The molecule has 0 amide bonds. The van der Waals surface area contributed by atoms with E-state index in [2.05, 4.69) is 34.0 Å². The highest BCUT2D eigenvalue weighted by atomic mass is 16.5. The van der Waals surface area contributed by atoms with Gasteiger partial charge in [0.1, 0.15) is 18.0 Å². The summed E-state index contributed by atoms with van der Waals surface area (Å²) in [5.41, 5.74) is 1.09. The lowest BCUT2D eigenvalue weighted by Gasteiger charge is -2.36. The maximum absolute atomic E-state index is 5.73. The highest BCUT2D eigenvalue weighted by Gasteiger charge is 2.24. The second kappa shape index (κ2) is 4.87. The summed E-state index contributed by atoms with van der Waals surface area (Å²) in [6.45, 7) is 8.00. The summed E-state index contributed by atoms with van der Waals surface area (Å²) in [5.74, 6) is 1.90. The minimum atomic E-state index is 0.242. The molecule has 0 aliphatic carbocycles. The van der Waals surface area contributed by atoms with Gasteiger partial charge in [-0.2, -0.15) is 0 Å². The van der Waals surface area contributed by atoms with Crippen LogP contribution in [0.1, 0.15) is 19.4 Å². The number of hydrogen-bond donors (Lipinski definition) is 1. The smallest absolute Gasteiger partial charge is 0.137 e. The Kier molecular flexibility index (Phi) is 3.47. The van der Waals surface area contributed by atoms with Gasteiger partial charge in [0, 0.05) is 25.7 Å². The maximum Gasteiger partial charge on any atom is 0.137 e. The van der Waals surface area contributed by atoms with Crippen LogP contribution in [-0.4, -0.2) is 42.3 Å². The molecule has 2 rings (SSSR count). The third kappa shape index (κ3) is 2.49. The van der Waals surface area contributed by atoms with Gasteiger partial charge in [0.15, 0.2) is 0 Å². The molecular weight excluding hydrogens is 216 g/mol. The molecule has 1 aliphatic rings. The zero-order chi connectivity index (χ0) is 12.4. The van der Waals surface area contributed by atoms with Crippen LogP contribution < -0.4 is 10.2 Å². The van der Waals surface area contributed by atoms with E-state index in [-0.39, 0.29) is 12.2 Å². The van der Waals surface area contributed by atoms with Crippen molar-refractivity contribution >= 4 is 11.6 Å². The predicted molar refractivity (Wildman–Crippen MR) is 68.5 cm³/mol. The third-order valence-corrected chi connectivity index (χ3v) is 3.01. The molecule has 94 valence electrons. The van der Waals surface area contributed by atoms with Crippen molar-refractivity contribution in [1.29, 1.82) is 0 Å². The Morgan fingerprint density at radius 3 is 2.53 bits per heavy atom. The van der Waals surface area contributed by atoms with Gasteiger partial charge >= 0.3 is 0 Å². The van der Waals surface area contributed by atoms with E-state index in [9.17, 15) is 0 Å². The Morgan fingerprint density at radius 1 is 1.29 bits per heavy atom. The van der Waals surface area contributed by atoms with Crippen molar-refractivity contribution in [3.8, 4) is 0 Å². The first kappa shape index (κ1) is 12.1. The Balaban J connectivity index is 2.27. The van der Waals surface area contributed by atoms with Crippen LogP contribution in [0.5, 0.6) is 0 Å². The minimum absolute atomic E-state index is 0.242. The van der Waals surface area contributed by atoms with Crippen molar-refractivity contribution in [2.24, 2.45) is 0 Å². The first-order valence-corrected chi connectivity index (χ1v) is 6.01. The van der Waals surface area contributed by atoms with E-state index in [4.69, 9.17) is 4.74 Å². The van der Waals surface area contributed by atoms with Gasteiger partial charge in [-0.1, -0.05) is 0 Å². The zero-order valence-electron chi connectivity index (χ0n) is 10.9. The Morgan fingerprint density at radius 2 is 1.94 bits per heavy atom. The fourth-order valence-corrected chi connectivity index (χ4v) is 2.36. The summed E-state index contributed by atoms with van der Waals surface area (Å²) < 4.78 is 5.73. The molecule has 2 unspecified atom stereocenters. The van der Waals surface area contributed by atoms with Crippen molar-refractivity contribution in [2.75, 3.05) is 30.4 Å². The lowest BCUT2D eigenvalue weighted by atomic mass is 10.2. The SMILES string of the molecule is CNc1ncnc(N2CC(C)OC(C)C2)c1C. The second-order valence-electron chi connectivity index (χ2n) is 4.58. The lowest BCUT2D eigenvalue weighted by Crippen LogP contribution is -2.46. The molecule has 0 aromatic carbocycles.